The fourth-order valence-corrected chi connectivity index (χ4v) is 1.04. The van der Waals surface area contributed by atoms with E-state index in [4.69, 9.17) is 0 Å². The van der Waals surface area contributed by atoms with Crippen LogP contribution >= 0.6 is 0 Å². The van der Waals surface area contributed by atoms with Crippen LogP contribution in [0.3, 0.4) is 0 Å². The maximum atomic E-state index is 4.59. The Morgan fingerprint density at radius 1 is 1.43 bits per heavy atom. The van der Waals surface area contributed by atoms with Gasteiger partial charge in [0.2, 0.25) is 6.39 Å². The average molecular weight is 194 g/mol. The Labute approximate surface area is 80.1 Å². The van der Waals surface area contributed by atoms with Crippen molar-refractivity contribution in [1.82, 2.24) is 30.2 Å². The molecule has 7 nitrogen and oxygen atoms in total. The van der Waals surface area contributed by atoms with Crippen molar-refractivity contribution >= 4 is 0 Å². The molecule has 0 aliphatic heterocycles. The van der Waals surface area contributed by atoms with E-state index in [1.54, 1.807) is 4.68 Å². The number of nitrogens with one attached hydrogen (secondary N) is 1. The van der Waals surface area contributed by atoms with E-state index in [9.17, 15) is 0 Å². The SMILES string of the molecule is Cn1ncnc1CNCc1ncon1. The molecule has 1 N–H and O–H groups in total. The molecule has 0 aromatic carbocycles. The Hall–Kier alpha value is -1.76. The van der Waals surface area contributed by atoms with E-state index in [-0.39, 0.29) is 0 Å². The number of nitrogens with zero attached hydrogens (tertiary/aromatic N) is 5. The summed E-state index contributed by atoms with van der Waals surface area (Å²) in [5.74, 6) is 1.50. The van der Waals surface area contributed by atoms with Gasteiger partial charge >= 0.3 is 0 Å². The Morgan fingerprint density at radius 2 is 2.36 bits per heavy atom. The summed E-state index contributed by atoms with van der Waals surface area (Å²) >= 11 is 0. The minimum absolute atomic E-state index is 0.559. The fourth-order valence-electron chi connectivity index (χ4n) is 1.04. The summed E-state index contributed by atoms with van der Waals surface area (Å²) in [6.45, 7) is 1.19. The van der Waals surface area contributed by atoms with Crippen LogP contribution in [0.4, 0.5) is 0 Å². The van der Waals surface area contributed by atoms with Gasteiger partial charge in [0.05, 0.1) is 13.1 Å². The molecule has 0 spiro atoms. The number of hydrogen-bond donors (Lipinski definition) is 1. The summed E-state index contributed by atoms with van der Waals surface area (Å²) < 4.78 is 6.30. The zero-order valence-corrected chi connectivity index (χ0v) is 7.71. The number of aryl methyl sites for hydroxylation is 1. The molecular weight excluding hydrogens is 184 g/mol. The molecule has 2 heterocycles. The van der Waals surface area contributed by atoms with Crippen molar-refractivity contribution in [3.05, 3.63) is 24.4 Å². The Balaban J connectivity index is 1.81. The minimum atomic E-state index is 0.559. The van der Waals surface area contributed by atoms with E-state index < -0.39 is 0 Å². The second kappa shape index (κ2) is 3.97. The van der Waals surface area contributed by atoms with Crippen LogP contribution in [0.25, 0.3) is 0 Å². The van der Waals surface area contributed by atoms with E-state index >= 15 is 0 Å². The van der Waals surface area contributed by atoms with Crippen molar-refractivity contribution in [2.45, 2.75) is 13.1 Å². The Morgan fingerprint density at radius 3 is 3.00 bits per heavy atom. The molecule has 2 rings (SSSR count). The first kappa shape index (κ1) is 8.82. The normalized spacial score (nSPS) is 10.6. The molecule has 14 heavy (non-hydrogen) atoms. The van der Waals surface area contributed by atoms with Gasteiger partial charge < -0.3 is 9.84 Å². The van der Waals surface area contributed by atoms with Gasteiger partial charge in [-0.15, -0.1) is 0 Å². The monoisotopic (exact) mass is 194 g/mol. The van der Waals surface area contributed by atoms with Crippen molar-refractivity contribution in [1.29, 1.82) is 0 Å². The Bertz CT molecular complexity index is 381. The molecule has 0 bridgehead atoms. The van der Waals surface area contributed by atoms with Crippen molar-refractivity contribution < 1.29 is 4.52 Å². The van der Waals surface area contributed by atoms with Crippen molar-refractivity contribution in [3.8, 4) is 0 Å². The Kier molecular flexibility index (Phi) is 2.50. The highest BCUT2D eigenvalue weighted by Crippen LogP contribution is 1.91. The van der Waals surface area contributed by atoms with Crippen LogP contribution in [-0.4, -0.2) is 24.9 Å². The number of hydrogen-bond acceptors (Lipinski definition) is 6. The van der Waals surface area contributed by atoms with Gasteiger partial charge in [-0.2, -0.15) is 10.1 Å². The van der Waals surface area contributed by atoms with Crippen molar-refractivity contribution in [3.63, 3.8) is 0 Å². The third-order valence-electron chi connectivity index (χ3n) is 1.78. The number of aromatic nitrogens is 5. The summed E-state index contributed by atoms with van der Waals surface area (Å²) in [6.07, 6.45) is 2.82. The second-order valence-electron chi connectivity index (χ2n) is 2.75. The summed E-state index contributed by atoms with van der Waals surface area (Å²) in [4.78, 5) is 7.93. The lowest BCUT2D eigenvalue weighted by molar-refractivity contribution is 0.407. The zero-order chi connectivity index (χ0) is 9.80. The maximum absolute atomic E-state index is 4.59. The van der Waals surface area contributed by atoms with Crippen molar-refractivity contribution in [2.24, 2.45) is 7.05 Å². The van der Waals surface area contributed by atoms with Crippen LogP contribution < -0.4 is 5.32 Å². The average Bonchev–Trinajstić information content (AvgIpc) is 2.78. The fraction of sp³-hybridized carbons (Fsp3) is 0.429. The first-order valence-corrected chi connectivity index (χ1v) is 4.15. The summed E-state index contributed by atoms with van der Waals surface area (Å²) in [6, 6.07) is 0. The van der Waals surface area contributed by atoms with Gasteiger partial charge in [-0.3, -0.25) is 4.68 Å². The van der Waals surface area contributed by atoms with Gasteiger partial charge in [0, 0.05) is 7.05 Å². The van der Waals surface area contributed by atoms with E-state index in [0.29, 0.717) is 18.9 Å². The molecule has 0 radical (unpaired) electrons. The first-order chi connectivity index (χ1) is 6.86. The quantitative estimate of drug-likeness (QED) is 0.705. The highest BCUT2D eigenvalue weighted by Gasteiger charge is 2.01. The molecule has 0 aliphatic carbocycles. The summed E-state index contributed by atoms with van der Waals surface area (Å²) in [5.41, 5.74) is 0. The summed E-state index contributed by atoms with van der Waals surface area (Å²) in [7, 11) is 1.85. The maximum Gasteiger partial charge on any atom is 0.213 e. The molecule has 2 aromatic rings. The van der Waals surface area contributed by atoms with E-state index in [1.165, 1.54) is 12.7 Å². The highest BCUT2D eigenvalue weighted by molar-refractivity contribution is 4.84. The van der Waals surface area contributed by atoms with E-state index in [2.05, 4.69) is 30.1 Å². The second-order valence-corrected chi connectivity index (χ2v) is 2.75. The smallest absolute Gasteiger partial charge is 0.213 e. The third kappa shape index (κ3) is 1.94. The lowest BCUT2D eigenvalue weighted by atomic mass is 10.5. The molecule has 0 unspecified atom stereocenters. The predicted octanol–water partition coefficient (Wildman–Crippen LogP) is -0.512. The minimum Gasteiger partial charge on any atom is -0.343 e. The lowest BCUT2D eigenvalue weighted by Crippen LogP contribution is -2.16. The highest BCUT2D eigenvalue weighted by atomic mass is 16.5. The van der Waals surface area contributed by atoms with E-state index in [1.807, 2.05) is 7.05 Å². The molecular formula is C7H10N6O. The molecule has 0 saturated carbocycles. The predicted molar refractivity (Wildman–Crippen MR) is 45.8 cm³/mol. The number of rotatable bonds is 4. The molecule has 0 fully saturated rings. The first-order valence-electron chi connectivity index (χ1n) is 4.15. The van der Waals surface area contributed by atoms with Gasteiger partial charge in [0.1, 0.15) is 12.2 Å². The lowest BCUT2D eigenvalue weighted by Gasteiger charge is -2.00. The van der Waals surface area contributed by atoms with Gasteiger partial charge in [0.25, 0.3) is 0 Å². The standard InChI is InChI=1S/C7H10N6O/c1-13-7(9-4-11-13)3-8-2-6-10-5-14-12-6/h4-5,8H,2-3H2,1H3. The van der Waals surface area contributed by atoms with Crippen LogP contribution in [-0.2, 0) is 20.1 Å². The van der Waals surface area contributed by atoms with Crippen LogP contribution in [0.5, 0.6) is 0 Å². The van der Waals surface area contributed by atoms with E-state index in [0.717, 1.165) is 5.82 Å². The molecule has 74 valence electrons. The van der Waals surface area contributed by atoms with Gasteiger partial charge in [0.15, 0.2) is 5.82 Å². The molecule has 0 aliphatic rings. The molecule has 0 saturated heterocycles. The van der Waals surface area contributed by atoms with Gasteiger partial charge in [-0.1, -0.05) is 5.16 Å². The molecule has 2 aromatic heterocycles. The molecule has 7 heteroatoms. The van der Waals surface area contributed by atoms with Crippen LogP contribution in [0, 0.1) is 0 Å². The third-order valence-corrected chi connectivity index (χ3v) is 1.78. The van der Waals surface area contributed by atoms with Crippen LogP contribution in [0.1, 0.15) is 11.6 Å². The van der Waals surface area contributed by atoms with Crippen LogP contribution in [0.15, 0.2) is 17.2 Å². The molecule has 0 amide bonds. The molecule has 0 atom stereocenters. The largest absolute Gasteiger partial charge is 0.343 e. The zero-order valence-electron chi connectivity index (χ0n) is 7.71. The van der Waals surface area contributed by atoms with Gasteiger partial charge in [-0.05, 0) is 0 Å². The summed E-state index contributed by atoms with van der Waals surface area (Å²) in [5, 5.41) is 10.7. The topological polar surface area (TPSA) is 81.7 Å². The van der Waals surface area contributed by atoms with Gasteiger partial charge in [-0.25, -0.2) is 4.98 Å². The van der Waals surface area contributed by atoms with Crippen LogP contribution in [0.2, 0.25) is 0 Å². The van der Waals surface area contributed by atoms with Crippen molar-refractivity contribution in [2.75, 3.05) is 0 Å².